The van der Waals surface area contributed by atoms with Crippen LogP contribution in [0.5, 0.6) is 0 Å². The number of fused-ring (bicyclic) bond motifs is 2. The second-order valence-electron chi connectivity index (χ2n) is 6.52. The lowest BCUT2D eigenvalue weighted by Gasteiger charge is -2.10. The number of carbonyl (C=O) groups excluding carboxylic acids is 1. The van der Waals surface area contributed by atoms with E-state index in [9.17, 15) is 14.4 Å². The van der Waals surface area contributed by atoms with Gasteiger partial charge in [0, 0.05) is 24.4 Å². The first-order chi connectivity index (χ1) is 13.3. The highest BCUT2D eigenvalue weighted by atomic mass is 16.4. The summed E-state index contributed by atoms with van der Waals surface area (Å²) < 4.78 is 2.74. The van der Waals surface area contributed by atoms with Crippen molar-refractivity contribution < 1.29 is 14.7 Å². The van der Waals surface area contributed by atoms with Gasteiger partial charge in [0.15, 0.2) is 5.69 Å². The second-order valence-corrected chi connectivity index (χ2v) is 6.52. The summed E-state index contributed by atoms with van der Waals surface area (Å²) >= 11 is 0. The minimum Gasteiger partial charge on any atom is -0.476 e. The number of amides is 1. The largest absolute Gasteiger partial charge is 0.476 e. The summed E-state index contributed by atoms with van der Waals surface area (Å²) in [6.45, 7) is 1.90. The fourth-order valence-corrected chi connectivity index (χ4v) is 3.17. The Morgan fingerprint density at radius 3 is 2.61 bits per heavy atom. The van der Waals surface area contributed by atoms with E-state index in [0.29, 0.717) is 27.8 Å². The average Bonchev–Trinajstić information content (AvgIpc) is 3.12. The number of nitrogens with zero attached hydrogens (tertiary/aromatic N) is 3. The summed E-state index contributed by atoms with van der Waals surface area (Å²) in [4.78, 5) is 36.5. The molecule has 2 N–H and O–H groups in total. The molecule has 1 amide bonds. The van der Waals surface area contributed by atoms with Crippen LogP contribution in [-0.4, -0.2) is 31.2 Å². The molecule has 2 heterocycles. The number of anilines is 1. The molecule has 0 aliphatic heterocycles. The van der Waals surface area contributed by atoms with Gasteiger partial charge in [-0.3, -0.25) is 9.59 Å². The molecule has 8 nitrogen and oxygen atoms in total. The van der Waals surface area contributed by atoms with E-state index in [-0.39, 0.29) is 11.6 Å². The van der Waals surface area contributed by atoms with E-state index >= 15 is 0 Å². The number of carbonyl (C=O) groups is 2. The lowest BCUT2D eigenvalue weighted by atomic mass is 10.1. The maximum atomic E-state index is 12.8. The van der Waals surface area contributed by atoms with Crippen LogP contribution in [0.4, 0.5) is 5.69 Å². The molecular weight excluding hydrogens is 360 g/mol. The van der Waals surface area contributed by atoms with Gasteiger partial charge in [-0.2, -0.15) is 9.61 Å². The van der Waals surface area contributed by atoms with Crippen molar-refractivity contribution in [3.63, 3.8) is 0 Å². The lowest BCUT2D eigenvalue weighted by molar-refractivity contribution is 0.0690. The Morgan fingerprint density at radius 2 is 1.89 bits per heavy atom. The van der Waals surface area contributed by atoms with E-state index in [1.54, 1.807) is 48.0 Å². The minimum absolute atomic E-state index is 0.212. The van der Waals surface area contributed by atoms with Gasteiger partial charge in [-0.25, -0.2) is 4.79 Å². The van der Waals surface area contributed by atoms with Crippen LogP contribution in [0, 0.1) is 6.92 Å². The molecule has 0 unspecified atom stereocenters. The predicted molar refractivity (Wildman–Crippen MR) is 104 cm³/mol. The zero-order valence-corrected chi connectivity index (χ0v) is 15.1. The van der Waals surface area contributed by atoms with Crippen molar-refractivity contribution >= 4 is 34.1 Å². The fraction of sp³-hybridized carbons (Fsp3) is 0.100. The summed E-state index contributed by atoms with van der Waals surface area (Å²) in [7, 11) is 1.72. The molecule has 8 heteroatoms. The SMILES string of the molecule is Cc1cccc(C(=O)Nc2ccc3c(c2)c(=O)n2nc(C(=O)O)cc2n3C)c1. The molecule has 28 heavy (non-hydrogen) atoms. The molecule has 0 aliphatic rings. The lowest BCUT2D eigenvalue weighted by Crippen LogP contribution is -2.19. The van der Waals surface area contributed by atoms with Crippen LogP contribution >= 0.6 is 0 Å². The zero-order chi connectivity index (χ0) is 20.0. The number of aromatic nitrogens is 3. The predicted octanol–water partition coefficient (Wildman–Crippen LogP) is 2.45. The summed E-state index contributed by atoms with van der Waals surface area (Å²) in [6, 6.07) is 13.5. The van der Waals surface area contributed by atoms with Crippen LogP contribution in [0.2, 0.25) is 0 Å². The summed E-state index contributed by atoms with van der Waals surface area (Å²) in [5.74, 6) is -1.49. The van der Waals surface area contributed by atoms with Gasteiger partial charge >= 0.3 is 5.97 Å². The number of carboxylic acid groups (broad SMARTS) is 1. The molecule has 0 spiro atoms. The molecular formula is C20H16N4O4. The van der Waals surface area contributed by atoms with Crippen molar-refractivity contribution in [1.29, 1.82) is 0 Å². The Kier molecular flexibility index (Phi) is 3.96. The minimum atomic E-state index is -1.21. The van der Waals surface area contributed by atoms with Gasteiger partial charge in [0.1, 0.15) is 5.65 Å². The molecule has 0 fully saturated rings. The highest BCUT2D eigenvalue weighted by Gasteiger charge is 2.16. The smallest absolute Gasteiger partial charge is 0.356 e. The number of aromatic carboxylic acids is 1. The number of nitrogens with one attached hydrogen (secondary N) is 1. The van der Waals surface area contributed by atoms with Gasteiger partial charge in [-0.1, -0.05) is 17.7 Å². The molecule has 140 valence electrons. The summed E-state index contributed by atoms with van der Waals surface area (Å²) in [6.07, 6.45) is 0. The number of hydrogen-bond donors (Lipinski definition) is 2. The molecule has 0 radical (unpaired) electrons. The third kappa shape index (κ3) is 2.81. The Bertz CT molecular complexity index is 1330. The van der Waals surface area contributed by atoms with E-state index in [1.807, 2.05) is 13.0 Å². The van der Waals surface area contributed by atoms with Crippen molar-refractivity contribution in [3.05, 3.63) is 75.7 Å². The molecule has 0 bridgehead atoms. The Labute approximate surface area is 158 Å². The van der Waals surface area contributed by atoms with Crippen molar-refractivity contribution in [2.75, 3.05) is 5.32 Å². The number of hydrogen-bond acceptors (Lipinski definition) is 4. The number of carboxylic acids is 1. The van der Waals surface area contributed by atoms with Crippen LogP contribution in [0.3, 0.4) is 0 Å². The summed E-state index contributed by atoms with van der Waals surface area (Å²) in [5.41, 5.74) is 2.24. The third-order valence-corrected chi connectivity index (χ3v) is 4.57. The van der Waals surface area contributed by atoms with Crippen molar-refractivity contribution in [2.45, 2.75) is 6.92 Å². The van der Waals surface area contributed by atoms with Gasteiger partial charge in [0.2, 0.25) is 0 Å². The second kappa shape index (κ2) is 6.34. The monoisotopic (exact) mass is 376 g/mol. The van der Waals surface area contributed by atoms with Crippen LogP contribution in [-0.2, 0) is 7.05 Å². The highest BCUT2D eigenvalue weighted by Crippen LogP contribution is 2.19. The fourth-order valence-electron chi connectivity index (χ4n) is 3.17. The molecule has 0 saturated heterocycles. The maximum Gasteiger partial charge on any atom is 0.356 e. The van der Waals surface area contributed by atoms with Crippen molar-refractivity contribution in [2.24, 2.45) is 7.05 Å². The van der Waals surface area contributed by atoms with Crippen LogP contribution in [0.15, 0.2) is 53.3 Å². The van der Waals surface area contributed by atoms with E-state index in [2.05, 4.69) is 10.4 Å². The zero-order valence-electron chi connectivity index (χ0n) is 15.1. The molecule has 2 aromatic carbocycles. The topological polar surface area (TPSA) is 106 Å². The Balaban J connectivity index is 1.81. The molecule has 0 aliphatic carbocycles. The first kappa shape index (κ1) is 17.5. The molecule has 0 atom stereocenters. The van der Waals surface area contributed by atoms with Gasteiger partial charge in [0.05, 0.1) is 10.9 Å². The van der Waals surface area contributed by atoms with E-state index in [4.69, 9.17) is 5.11 Å². The van der Waals surface area contributed by atoms with Crippen LogP contribution in [0.1, 0.15) is 26.4 Å². The third-order valence-electron chi connectivity index (χ3n) is 4.57. The quantitative estimate of drug-likeness (QED) is 0.571. The average molecular weight is 376 g/mol. The molecule has 4 rings (SSSR count). The van der Waals surface area contributed by atoms with Gasteiger partial charge < -0.3 is 15.0 Å². The molecule has 0 saturated carbocycles. The Hall–Kier alpha value is -3.94. The van der Waals surface area contributed by atoms with Crippen molar-refractivity contribution in [1.82, 2.24) is 14.2 Å². The first-order valence-corrected chi connectivity index (χ1v) is 8.49. The normalized spacial score (nSPS) is 11.1. The highest BCUT2D eigenvalue weighted by molar-refractivity contribution is 6.05. The van der Waals surface area contributed by atoms with E-state index in [0.717, 1.165) is 10.1 Å². The number of benzene rings is 2. The standard InChI is InChI=1S/C20H16N4O4/c1-11-4-3-5-12(8-11)18(25)21-13-6-7-16-14(9-13)19(26)24-17(23(16)2)10-15(22-24)20(27)28/h3-10H,1-2H3,(H,21,25)(H,27,28). The van der Waals surface area contributed by atoms with E-state index < -0.39 is 11.5 Å². The van der Waals surface area contributed by atoms with Crippen LogP contribution < -0.4 is 10.9 Å². The molecule has 4 aromatic rings. The van der Waals surface area contributed by atoms with Crippen molar-refractivity contribution in [3.8, 4) is 0 Å². The summed E-state index contributed by atoms with van der Waals surface area (Å²) in [5, 5.41) is 16.1. The van der Waals surface area contributed by atoms with Gasteiger partial charge in [0.25, 0.3) is 11.5 Å². The molecule has 2 aromatic heterocycles. The Morgan fingerprint density at radius 1 is 1.11 bits per heavy atom. The van der Waals surface area contributed by atoms with Gasteiger partial charge in [-0.15, -0.1) is 0 Å². The van der Waals surface area contributed by atoms with E-state index in [1.165, 1.54) is 6.07 Å². The number of rotatable bonds is 3. The van der Waals surface area contributed by atoms with Crippen LogP contribution in [0.25, 0.3) is 16.6 Å². The maximum absolute atomic E-state index is 12.8. The van der Waals surface area contributed by atoms with Gasteiger partial charge in [-0.05, 0) is 37.3 Å². The number of aryl methyl sites for hydroxylation is 2. The first-order valence-electron chi connectivity index (χ1n) is 8.49.